The van der Waals surface area contributed by atoms with Gasteiger partial charge in [-0.2, -0.15) is 0 Å². The van der Waals surface area contributed by atoms with E-state index in [2.05, 4.69) is 6.92 Å². The third kappa shape index (κ3) is 3.12. The van der Waals surface area contributed by atoms with Crippen LogP contribution in [-0.4, -0.2) is 36.5 Å². The molecular formula is C18H26N2O2. The molecule has 4 heteroatoms. The molecular weight excluding hydrogens is 276 g/mol. The van der Waals surface area contributed by atoms with Gasteiger partial charge >= 0.3 is 0 Å². The van der Waals surface area contributed by atoms with Gasteiger partial charge in [-0.25, -0.2) is 0 Å². The van der Waals surface area contributed by atoms with Gasteiger partial charge in [-0.1, -0.05) is 13.3 Å². The summed E-state index contributed by atoms with van der Waals surface area (Å²) in [7, 11) is 0. The van der Waals surface area contributed by atoms with Gasteiger partial charge in [0.25, 0.3) is 5.91 Å². The molecule has 1 aromatic carbocycles. The van der Waals surface area contributed by atoms with E-state index in [1.807, 2.05) is 29.2 Å². The SMILES string of the molecule is CCCCOc1ccc(C(=O)N2CC3CCC(N)C3C2)cc1. The van der Waals surface area contributed by atoms with Crippen molar-refractivity contribution in [3.05, 3.63) is 29.8 Å². The lowest BCUT2D eigenvalue weighted by molar-refractivity contribution is 0.0779. The number of hydrogen-bond acceptors (Lipinski definition) is 3. The van der Waals surface area contributed by atoms with Gasteiger partial charge in [0, 0.05) is 24.7 Å². The first-order valence-corrected chi connectivity index (χ1v) is 8.46. The van der Waals surface area contributed by atoms with Crippen molar-refractivity contribution < 1.29 is 9.53 Å². The highest BCUT2D eigenvalue weighted by atomic mass is 16.5. The van der Waals surface area contributed by atoms with Crippen LogP contribution in [0, 0.1) is 11.8 Å². The summed E-state index contributed by atoms with van der Waals surface area (Å²) in [4.78, 5) is 14.6. The second-order valence-corrected chi connectivity index (χ2v) is 6.60. The predicted molar refractivity (Wildman–Crippen MR) is 86.9 cm³/mol. The molecule has 1 amide bonds. The molecule has 3 unspecified atom stereocenters. The number of ether oxygens (including phenoxy) is 1. The van der Waals surface area contributed by atoms with Crippen molar-refractivity contribution in [1.82, 2.24) is 4.90 Å². The van der Waals surface area contributed by atoms with Crippen LogP contribution in [0.3, 0.4) is 0 Å². The van der Waals surface area contributed by atoms with Crippen LogP contribution in [0.25, 0.3) is 0 Å². The van der Waals surface area contributed by atoms with Crippen LogP contribution < -0.4 is 10.5 Å². The van der Waals surface area contributed by atoms with E-state index in [1.54, 1.807) is 0 Å². The number of carbonyl (C=O) groups excluding carboxylic acids is 1. The fourth-order valence-electron chi connectivity index (χ4n) is 3.68. The smallest absolute Gasteiger partial charge is 0.253 e. The maximum absolute atomic E-state index is 12.6. The summed E-state index contributed by atoms with van der Waals surface area (Å²) in [5.74, 6) is 2.07. The highest BCUT2D eigenvalue weighted by Gasteiger charge is 2.42. The second kappa shape index (κ2) is 6.69. The van der Waals surface area contributed by atoms with Gasteiger partial charge in [0.2, 0.25) is 0 Å². The molecule has 1 saturated carbocycles. The Labute approximate surface area is 132 Å². The maximum atomic E-state index is 12.6. The van der Waals surface area contributed by atoms with Crippen molar-refractivity contribution in [3.8, 4) is 5.75 Å². The Balaban J connectivity index is 1.58. The monoisotopic (exact) mass is 302 g/mol. The fraction of sp³-hybridized carbons (Fsp3) is 0.611. The van der Waals surface area contributed by atoms with Crippen molar-refractivity contribution in [1.29, 1.82) is 0 Å². The Morgan fingerprint density at radius 1 is 1.27 bits per heavy atom. The number of benzene rings is 1. The minimum Gasteiger partial charge on any atom is -0.494 e. The van der Waals surface area contributed by atoms with Gasteiger partial charge in [-0.3, -0.25) is 4.79 Å². The first-order chi connectivity index (χ1) is 10.7. The predicted octanol–water partition coefficient (Wildman–Crippen LogP) is 2.67. The summed E-state index contributed by atoms with van der Waals surface area (Å²) in [5, 5.41) is 0. The molecule has 0 aromatic heterocycles. The largest absolute Gasteiger partial charge is 0.494 e. The van der Waals surface area contributed by atoms with E-state index in [9.17, 15) is 4.79 Å². The first-order valence-electron chi connectivity index (χ1n) is 8.46. The van der Waals surface area contributed by atoms with E-state index < -0.39 is 0 Å². The molecule has 1 heterocycles. The van der Waals surface area contributed by atoms with Gasteiger partial charge in [-0.05, 0) is 55.4 Å². The summed E-state index contributed by atoms with van der Waals surface area (Å²) in [6, 6.07) is 7.81. The van der Waals surface area contributed by atoms with Gasteiger partial charge in [0.15, 0.2) is 0 Å². The maximum Gasteiger partial charge on any atom is 0.253 e. The number of hydrogen-bond donors (Lipinski definition) is 1. The molecule has 4 nitrogen and oxygen atoms in total. The average Bonchev–Trinajstić information content (AvgIpc) is 3.10. The van der Waals surface area contributed by atoms with E-state index in [-0.39, 0.29) is 11.9 Å². The van der Waals surface area contributed by atoms with Crippen molar-refractivity contribution in [2.24, 2.45) is 17.6 Å². The molecule has 2 N–H and O–H groups in total. The third-order valence-corrected chi connectivity index (χ3v) is 5.07. The lowest BCUT2D eigenvalue weighted by Crippen LogP contribution is -2.33. The van der Waals surface area contributed by atoms with Crippen LogP contribution in [0.2, 0.25) is 0 Å². The average molecular weight is 302 g/mol. The zero-order valence-electron chi connectivity index (χ0n) is 13.3. The minimum atomic E-state index is 0.127. The first kappa shape index (κ1) is 15.3. The van der Waals surface area contributed by atoms with Crippen LogP contribution in [0.4, 0.5) is 0 Å². The van der Waals surface area contributed by atoms with Crippen LogP contribution >= 0.6 is 0 Å². The number of likely N-dealkylation sites (tertiary alicyclic amines) is 1. The molecule has 3 rings (SSSR count). The van der Waals surface area contributed by atoms with Crippen LogP contribution in [0.5, 0.6) is 5.75 Å². The van der Waals surface area contributed by atoms with Gasteiger partial charge in [-0.15, -0.1) is 0 Å². The van der Waals surface area contributed by atoms with Crippen LogP contribution in [0.15, 0.2) is 24.3 Å². The van der Waals surface area contributed by atoms with Gasteiger partial charge < -0.3 is 15.4 Å². The highest BCUT2D eigenvalue weighted by Crippen LogP contribution is 2.37. The van der Waals surface area contributed by atoms with Crippen molar-refractivity contribution >= 4 is 5.91 Å². The number of unbranched alkanes of at least 4 members (excludes halogenated alkanes) is 1. The normalized spacial score (nSPS) is 27.0. The van der Waals surface area contributed by atoms with E-state index in [0.717, 1.165) is 50.3 Å². The number of fused-ring (bicyclic) bond motifs is 1. The molecule has 0 bridgehead atoms. The van der Waals surface area contributed by atoms with E-state index in [4.69, 9.17) is 10.5 Å². The number of carbonyl (C=O) groups is 1. The third-order valence-electron chi connectivity index (χ3n) is 5.07. The molecule has 2 aliphatic rings. The zero-order valence-corrected chi connectivity index (χ0v) is 13.3. The molecule has 0 radical (unpaired) electrons. The van der Waals surface area contributed by atoms with Crippen LogP contribution in [0.1, 0.15) is 43.0 Å². The fourth-order valence-corrected chi connectivity index (χ4v) is 3.68. The quantitative estimate of drug-likeness (QED) is 0.851. The number of nitrogens with zero attached hydrogens (tertiary/aromatic N) is 1. The topological polar surface area (TPSA) is 55.6 Å². The Hall–Kier alpha value is -1.55. The van der Waals surface area contributed by atoms with Crippen LogP contribution in [-0.2, 0) is 0 Å². The molecule has 1 saturated heterocycles. The van der Waals surface area contributed by atoms with Crippen molar-refractivity contribution in [2.75, 3.05) is 19.7 Å². The highest BCUT2D eigenvalue weighted by molar-refractivity contribution is 5.94. The summed E-state index contributed by atoms with van der Waals surface area (Å²) in [6.45, 7) is 4.56. The number of amides is 1. The van der Waals surface area contributed by atoms with Crippen molar-refractivity contribution in [3.63, 3.8) is 0 Å². The summed E-state index contributed by atoms with van der Waals surface area (Å²) < 4.78 is 5.64. The zero-order chi connectivity index (χ0) is 15.5. The Morgan fingerprint density at radius 2 is 2.05 bits per heavy atom. The minimum absolute atomic E-state index is 0.127. The van der Waals surface area contributed by atoms with Gasteiger partial charge in [0.05, 0.1) is 6.61 Å². The van der Waals surface area contributed by atoms with E-state index >= 15 is 0 Å². The lowest BCUT2D eigenvalue weighted by Gasteiger charge is -2.19. The Kier molecular flexibility index (Phi) is 4.67. The van der Waals surface area contributed by atoms with E-state index in [1.165, 1.54) is 6.42 Å². The lowest BCUT2D eigenvalue weighted by atomic mass is 9.98. The molecule has 3 atom stereocenters. The summed E-state index contributed by atoms with van der Waals surface area (Å²) in [5.41, 5.74) is 6.89. The Morgan fingerprint density at radius 3 is 2.73 bits per heavy atom. The van der Waals surface area contributed by atoms with Crippen molar-refractivity contribution in [2.45, 2.75) is 38.6 Å². The molecule has 120 valence electrons. The number of rotatable bonds is 5. The van der Waals surface area contributed by atoms with E-state index in [0.29, 0.717) is 11.8 Å². The summed E-state index contributed by atoms with van der Waals surface area (Å²) in [6.07, 6.45) is 4.45. The standard InChI is InChI=1S/C18H26N2O2/c1-2-3-10-22-15-7-4-13(5-8-15)18(21)20-11-14-6-9-17(19)16(14)12-20/h4-5,7-8,14,16-17H,2-3,6,9-12,19H2,1H3. The molecule has 0 spiro atoms. The molecule has 22 heavy (non-hydrogen) atoms. The molecule has 2 fully saturated rings. The van der Waals surface area contributed by atoms with Gasteiger partial charge in [0.1, 0.15) is 5.75 Å². The Bertz CT molecular complexity index is 514. The molecule has 1 aliphatic heterocycles. The molecule has 1 aromatic rings. The number of nitrogens with two attached hydrogens (primary N) is 1. The molecule has 1 aliphatic carbocycles. The summed E-state index contributed by atoms with van der Waals surface area (Å²) >= 11 is 0. The second-order valence-electron chi connectivity index (χ2n) is 6.60.